The number of rotatable bonds is 3. The van der Waals surface area contributed by atoms with Gasteiger partial charge in [-0.15, -0.1) is 0 Å². The molecule has 1 fully saturated rings. The summed E-state index contributed by atoms with van der Waals surface area (Å²) in [6, 6.07) is 9.42. The molecule has 1 saturated heterocycles. The van der Waals surface area contributed by atoms with E-state index in [4.69, 9.17) is 9.47 Å². The zero-order valence-electron chi connectivity index (χ0n) is 17.2. The van der Waals surface area contributed by atoms with Crippen molar-refractivity contribution in [1.29, 1.82) is 0 Å². The van der Waals surface area contributed by atoms with E-state index in [-0.39, 0.29) is 26.3 Å². The van der Waals surface area contributed by atoms with Crippen molar-refractivity contribution in [2.75, 3.05) is 32.8 Å². The van der Waals surface area contributed by atoms with Crippen LogP contribution in [0.3, 0.4) is 0 Å². The molecule has 1 amide bonds. The second-order valence-corrected chi connectivity index (χ2v) is 10.9. The molecule has 0 bridgehead atoms. The molecule has 2 aliphatic rings. The average Bonchev–Trinajstić information content (AvgIpc) is 2.75. The fourth-order valence-corrected chi connectivity index (χ4v) is 5.00. The van der Waals surface area contributed by atoms with Crippen LogP contribution < -0.4 is 0 Å². The quantitative estimate of drug-likeness (QED) is 0.701. The average molecular weight is 421 g/mol. The molecule has 158 valence electrons. The van der Waals surface area contributed by atoms with Gasteiger partial charge >= 0.3 is 6.09 Å². The Bertz CT molecular complexity index is 890. The highest BCUT2D eigenvalue weighted by molar-refractivity contribution is 7.90. The van der Waals surface area contributed by atoms with E-state index in [1.165, 1.54) is 9.21 Å². The molecule has 2 heterocycles. The molecular weight excluding hydrogens is 392 g/mol. The van der Waals surface area contributed by atoms with E-state index in [1.807, 2.05) is 30.3 Å². The van der Waals surface area contributed by atoms with E-state index in [2.05, 4.69) is 11.8 Å². The smallest absolute Gasteiger partial charge is 0.410 e. The summed E-state index contributed by atoms with van der Waals surface area (Å²) < 4.78 is 37.8. The molecule has 0 unspecified atom stereocenters. The fraction of sp³-hybridized carbons (Fsp3) is 0.571. The number of carbonyl (C=O) groups is 1. The Morgan fingerprint density at radius 3 is 2.59 bits per heavy atom. The Morgan fingerprint density at radius 1 is 1.24 bits per heavy atom. The highest BCUT2D eigenvalue weighted by Gasteiger charge is 2.55. The van der Waals surface area contributed by atoms with Gasteiger partial charge in [-0.3, -0.25) is 0 Å². The first-order valence-electron chi connectivity index (χ1n) is 9.72. The molecule has 0 saturated carbocycles. The molecule has 1 spiro atoms. The number of carbonyl (C=O) groups excluding carboxylic acids is 1. The number of ether oxygens (including phenoxy) is 2. The predicted octanol–water partition coefficient (Wildman–Crippen LogP) is 2.23. The lowest BCUT2D eigenvalue weighted by molar-refractivity contribution is 0.0131. The van der Waals surface area contributed by atoms with Gasteiger partial charge < -0.3 is 14.4 Å². The van der Waals surface area contributed by atoms with Crippen LogP contribution in [0.15, 0.2) is 30.3 Å². The van der Waals surface area contributed by atoms with Crippen LogP contribution >= 0.6 is 0 Å². The minimum absolute atomic E-state index is 0.173. The summed E-state index contributed by atoms with van der Waals surface area (Å²) in [5.74, 6) is 6.02. The maximum Gasteiger partial charge on any atom is 0.410 e. The Labute approximate surface area is 173 Å². The van der Waals surface area contributed by atoms with E-state index in [0.717, 1.165) is 5.56 Å². The van der Waals surface area contributed by atoms with Gasteiger partial charge in [-0.05, 0) is 32.8 Å². The zero-order chi connectivity index (χ0) is 21.1. The van der Waals surface area contributed by atoms with E-state index >= 15 is 0 Å². The number of amides is 1. The summed E-state index contributed by atoms with van der Waals surface area (Å²) in [5.41, 5.74) is -0.0432. The number of hydrogen-bond acceptors (Lipinski definition) is 5. The molecule has 3 rings (SSSR count). The molecular formula is C21H28N2O5S. The molecule has 29 heavy (non-hydrogen) atoms. The minimum Gasteiger partial charge on any atom is -0.445 e. The van der Waals surface area contributed by atoms with Gasteiger partial charge in [-0.2, -0.15) is 4.31 Å². The monoisotopic (exact) mass is 420 g/mol. The number of nitrogens with zero attached hydrogens (tertiary/aromatic N) is 2. The molecule has 2 aliphatic heterocycles. The standard InChI is InChI=1S/C21H28N2O5S/c1-20(2,3)29(25,26)23-12-8-14-27-13-7-11-21(23)16-22(17-21)19(24)28-15-18-9-5-4-6-10-18/h4-6,9-10H,8,12-17H2,1-3H3. The van der Waals surface area contributed by atoms with Crippen molar-refractivity contribution >= 4 is 16.1 Å². The molecule has 0 aromatic heterocycles. The molecule has 7 nitrogen and oxygen atoms in total. The van der Waals surface area contributed by atoms with E-state index in [1.54, 1.807) is 20.8 Å². The number of sulfonamides is 1. The van der Waals surface area contributed by atoms with Crippen molar-refractivity contribution in [2.45, 2.75) is 44.1 Å². The Morgan fingerprint density at radius 2 is 1.93 bits per heavy atom. The molecule has 0 radical (unpaired) electrons. The Kier molecular flexibility index (Phi) is 6.22. The zero-order valence-corrected chi connectivity index (χ0v) is 18.0. The first-order valence-corrected chi connectivity index (χ1v) is 11.2. The van der Waals surface area contributed by atoms with Crippen LogP contribution in [0.4, 0.5) is 4.79 Å². The third-order valence-electron chi connectivity index (χ3n) is 5.05. The maximum absolute atomic E-state index is 13.3. The van der Waals surface area contributed by atoms with Gasteiger partial charge in [0, 0.05) is 13.2 Å². The molecule has 1 aromatic carbocycles. The first kappa shape index (κ1) is 21.6. The van der Waals surface area contributed by atoms with Gasteiger partial charge in [-0.1, -0.05) is 42.2 Å². The number of likely N-dealkylation sites (tertiary alicyclic amines) is 1. The van der Waals surface area contributed by atoms with Crippen molar-refractivity contribution in [1.82, 2.24) is 9.21 Å². The first-order chi connectivity index (χ1) is 13.7. The summed E-state index contributed by atoms with van der Waals surface area (Å²) in [7, 11) is -3.63. The Balaban J connectivity index is 1.75. The Hall–Kier alpha value is -2.08. The summed E-state index contributed by atoms with van der Waals surface area (Å²) in [6.45, 7) is 6.58. The topological polar surface area (TPSA) is 76.2 Å². The van der Waals surface area contributed by atoms with Gasteiger partial charge in [0.15, 0.2) is 0 Å². The third kappa shape index (κ3) is 4.58. The van der Waals surface area contributed by atoms with Gasteiger partial charge in [0.25, 0.3) is 0 Å². The van der Waals surface area contributed by atoms with Gasteiger partial charge in [-0.25, -0.2) is 13.2 Å². The SMILES string of the molecule is CC(C)(C)S(=O)(=O)N1CCCOCC#CC12CN(C(=O)OCc1ccccc1)C2. The summed E-state index contributed by atoms with van der Waals surface area (Å²) in [6.07, 6.45) is 0.101. The summed E-state index contributed by atoms with van der Waals surface area (Å²) >= 11 is 0. The third-order valence-corrected chi connectivity index (χ3v) is 7.71. The highest BCUT2D eigenvalue weighted by atomic mass is 32.2. The molecule has 8 heteroatoms. The molecule has 0 N–H and O–H groups in total. The number of hydrogen-bond donors (Lipinski definition) is 0. The fourth-order valence-electron chi connectivity index (χ4n) is 3.35. The van der Waals surface area contributed by atoms with E-state index in [0.29, 0.717) is 19.6 Å². The normalized spacial score (nSPS) is 19.9. The van der Waals surface area contributed by atoms with Gasteiger partial charge in [0.05, 0.1) is 17.8 Å². The summed E-state index contributed by atoms with van der Waals surface area (Å²) in [5, 5.41) is 0. The van der Waals surface area contributed by atoms with Crippen molar-refractivity contribution in [2.24, 2.45) is 0 Å². The van der Waals surface area contributed by atoms with Crippen molar-refractivity contribution < 1.29 is 22.7 Å². The highest BCUT2D eigenvalue weighted by Crippen LogP contribution is 2.35. The lowest BCUT2D eigenvalue weighted by Crippen LogP contribution is -2.73. The van der Waals surface area contributed by atoms with Crippen molar-refractivity contribution in [3.8, 4) is 11.8 Å². The van der Waals surface area contributed by atoms with Crippen molar-refractivity contribution in [3.63, 3.8) is 0 Å². The second kappa shape index (κ2) is 8.34. The lowest BCUT2D eigenvalue weighted by atomic mass is 9.90. The van der Waals surface area contributed by atoms with Crippen LogP contribution in [0.25, 0.3) is 0 Å². The van der Waals surface area contributed by atoms with Crippen LogP contribution in [0.1, 0.15) is 32.8 Å². The maximum atomic E-state index is 13.3. The molecule has 0 aliphatic carbocycles. The van der Waals surface area contributed by atoms with Crippen LogP contribution in [-0.2, 0) is 26.1 Å². The number of benzene rings is 1. The van der Waals surface area contributed by atoms with Crippen LogP contribution in [0, 0.1) is 11.8 Å². The van der Waals surface area contributed by atoms with E-state index < -0.39 is 26.4 Å². The van der Waals surface area contributed by atoms with Crippen molar-refractivity contribution in [3.05, 3.63) is 35.9 Å². The lowest BCUT2D eigenvalue weighted by Gasteiger charge is -2.52. The largest absolute Gasteiger partial charge is 0.445 e. The predicted molar refractivity (Wildman–Crippen MR) is 110 cm³/mol. The molecule has 1 aromatic rings. The minimum atomic E-state index is -3.63. The second-order valence-electron chi connectivity index (χ2n) is 8.33. The summed E-state index contributed by atoms with van der Waals surface area (Å²) in [4.78, 5) is 14.0. The van der Waals surface area contributed by atoms with Crippen LogP contribution in [-0.4, -0.2) is 66.9 Å². The molecule has 0 atom stereocenters. The van der Waals surface area contributed by atoms with Crippen LogP contribution in [0.2, 0.25) is 0 Å². The van der Waals surface area contributed by atoms with Gasteiger partial charge in [0.1, 0.15) is 18.8 Å². The van der Waals surface area contributed by atoms with Crippen LogP contribution in [0.5, 0.6) is 0 Å². The van der Waals surface area contributed by atoms with Gasteiger partial charge in [0.2, 0.25) is 10.0 Å². The van der Waals surface area contributed by atoms with E-state index in [9.17, 15) is 13.2 Å².